The first-order valence-corrected chi connectivity index (χ1v) is 1.63. The fraction of sp³-hybridized carbons (Fsp3) is 0.667. The quantitative estimate of drug-likeness (QED) is 0.353. The number of carboxylic acid groups (broad SMARTS) is 1. The average molecular weight is 137 g/mol. The fourth-order valence-electron chi connectivity index (χ4n) is 0. The van der Waals surface area contributed by atoms with E-state index in [1.807, 2.05) is 0 Å². The second kappa shape index (κ2) is 8.43. The summed E-state index contributed by atoms with van der Waals surface area (Å²) >= 11 is 0. The summed E-state index contributed by atoms with van der Waals surface area (Å²) < 4.78 is 0. The zero-order valence-corrected chi connectivity index (χ0v) is 9.51. The summed E-state index contributed by atoms with van der Waals surface area (Å²) in [5.74, 6) is -0.963. The average Bonchev–Trinajstić information content (AvgIpc) is 1.36. The van der Waals surface area contributed by atoms with Gasteiger partial charge in [0.05, 0.1) is 0 Å². The molecule has 0 saturated carbocycles. The van der Waals surface area contributed by atoms with E-state index in [1.165, 1.54) is 6.92 Å². The van der Waals surface area contributed by atoms with Crippen LogP contribution in [0.25, 0.3) is 0 Å². The zero-order chi connectivity index (χ0) is 5.15. The summed E-state index contributed by atoms with van der Waals surface area (Å²) in [7, 11) is 0. The third-order valence-electron chi connectivity index (χ3n) is 0.390. The number of aliphatic carboxylic acids is 1. The van der Waals surface area contributed by atoms with Gasteiger partial charge in [-0.1, -0.05) is 0 Å². The van der Waals surface area contributed by atoms with Gasteiger partial charge in [-0.2, -0.15) is 0 Å². The molecule has 1 unspecified atom stereocenters. The minimum Gasteiger partial charge on any atom is -1.00 e. The molecule has 0 radical (unpaired) electrons. The van der Waals surface area contributed by atoms with Crippen LogP contribution >= 0.6 is 0 Å². The van der Waals surface area contributed by atoms with Gasteiger partial charge in [0.15, 0.2) is 0 Å². The van der Waals surface area contributed by atoms with E-state index in [4.69, 9.17) is 10.8 Å². The number of rotatable bonds is 1. The Labute approximate surface area is 95.6 Å². The second-order valence-electron chi connectivity index (χ2n) is 1.13. The van der Waals surface area contributed by atoms with E-state index in [0.717, 1.165) is 0 Å². The smallest absolute Gasteiger partial charge is 1.00 e. The fourth-order valence-corrected chi connectivity index (χ4v) is 0. The van der Waals surface area contributed by atoms with Crippen molar-refractivity contribution in [1.29, 1.82) is 0 Å². The summed E-state index contributed by atoms with van der Waals surface area (Å²) in [6, 6.07) is -0.731. The van der Waals surface area contributed by atoms with E-state index in [2.05, 4.69) is 0 Å². The molecule has 0 aromatic carbocycles. The number of hydrogen-bond donors (Lipinski definition) is 2. The first-order chi connectivity index (χ1) is 2.64. The minimum absolute atomic E-state index is 0. The Morgan fingerprint density at radius 3 is 1.88 bits per heavy atom. The number of hydrogen-bond acceptors (Lipinski definition) is 2. The Hall–Kier alpha value is 1.43. The number of carbonyl (C=O) groups is 1. The molecule has 3 nitrogen and oxygen atoms in total. The predicted octanol–water partition coefficient (Wildman–Crippen LogP) is -6.35. The van der Waals surface area contributed by atoms with Gasteiger partial charge in [0.2, 0.25) is 0 Å². The van der Waals surface area contributed by atoms with E-state index in [9.17, 15) is 4.79 Å². The summed E-state index contributed by atoms with van der Waals surface area (Å²) in [5, 5.41) is 7.87. The SMILES string of the molecule is CC(N)C(=O)O.[H-].[H-].[Na+].[Na+]. The van der Waals surface area contributed by atoms with Crippen LogP contribution in [0, 0.1) is 0 Å². The molecule has 0 aliphatic heterocycles. The Bertz CT molecular complexity index is 73.5. The van der Waals surface area contributed by atoms with Gasteiger partial charge in [-0.3, -0.25) is 4.79 Å². The molecule has 0 aliphatic rings. The third-order valence-corrected chi connectivity index (χ3v) is 0.390. The van der Waals surface area contributed by atoms with Crippen LogP contribution in [0.5, 0.6) is 0 Å². The van der Waals surface area contributed by atoms with Gasteiger partial charge in [-0.15, -0.1) is 0 Å². The van der Waals surface area contributed by atoms with Crippen molar-refractivity contribution in [3.05, 3.63) is 0 Å². The molecule has 5 heteroatoms. The van der Waals surface area contributed by atoms with Gasteiger partial charge < -0.3 is 13.7 Å². The summed E-state index contributed by atoms with van der Waals surface area (Å²) in [5.41, 5.74) is 4.84. The standard InChI is InChI=1S/C3H7NO2.2Na.2H/c1-2(4)3(5)6;;;;/h2H,4H2,1H3,(H,5,6);;;;/q;2*+1;2*-1. The maximum Gasteiger partial charge on any atom is 1.00 e. The maximum atomic E-state index is 9.57. The number of nitrogens with two attached hydrogens (primary N) is 1. The molecule has 3 N–H and O–H groups in total. The van der Waals surface area contributed by atoms with Crippen molar-refractivity contribution < 1.29 is 71.9 Å². The van der Waals surface area contributed by atoms with E-state index in [1.54, 1.807) is 0 Å². The van der Waals surface area contributed by atoms with E-state index in [0.29, 0.717) is 0 Å². The Kier molecular flexibility index (Phi) is 17.1. The van der Waals surface area contributed by atoms with Crippen molar-refractivity contribution in [1.82, 2.24) is 0 Å². The molecule has 0 aromatic heterocycles. The van der Waals surface area contributed by atoms with Gasteiger partial charge >= 0.3 is 65.1 Å². The van der Waals surface area contributed by atoms with Crippen LogP contribution in [0.2, 0.25) is 0 Å². The second-order valence-corrected chi connectivity index (χ2v) is 1.13. The monoisotopic (exact) mass is 137 g/mol. The van der Waals surface area contributed by atoms with Crippen molar-refractivity contribution in [2.45, 2.75) is 13.0 Å². The van der Waals surface area contributed by atoms with Crippen molar-refractivity contribution in [3.63, 3.8) is 0 Å². The van der Waals surface area contributed by atoms with E-state index >= 15 is 0 Å². The van der Waals surface area contributed by atoms with E-state index in [-0.39, 0.29) is 62.0 Å². The normalized spacial score (nSPS) is 10.2. The van der Waals surface area contributed by atoms with Gasteiger partial charge in [-0.25, -0.2) is 0 Å². The molecular formula is C3H9NNa2O2. The Morgan fingerprint density at radius 2 is 1.88 bits per heavy atom. The number of carboxylic acids is 1. The molecule has 0 bridgehead atoms. The van der Waals surface area contributed by atoms with Crippen molar-refractivity contribution in [2.75, 3.05) is 0 Å². The van der Waals surface area contributed by atoms with Gasteiger partial charge in [0.1, 0.15) is 6.04 Å². The van der Waals surface area contributed by atoms with Gasteiger partial charge in [0.25, 0.3) is 0 Å². The first-order valence-electron chi connectivity index (χ1n) is 1.63. The first kappa shape index (κ1) is 16.2. The molecule has 0 amide bonds. The zero-order valence-electron chi connectivity index (χ0n) is 7.51. The molecule has 0 spiro atoms. The molecule has 0 aliphatic carbocycles. The molecule has 0 rings (SSSR count). The molecular weight excluding hydrogens is 128 g/mol. The van der Waals surface area contributed by atoms with E-state index < -0.39 is 12.0 Å². The van der Waals surface area contributed by atoms with Crippen LogP contribution in [0.1, 0.15) is 9.78 Å². The van der Waals surface area contributed by atoms with Crippen LogP contribution in [-0.2, 0) is 4.79 Å². The topological polar surface area (TPSA) is 63.3 Å². The molecule has 1 atom stereocenters. The summed E-state index contributed by atoms with van der Waals surface area (Å²) in [6.45, 7) is 1.42. The molecule has 0 heterocycles. The van der Waals surface area contributed by atoms with Crippen LogP contribution in [0.3, 0.4) is 0 Å². The summed E-state index contributed by atoms with van der Waals surface area (Å²) in [4.78, 5) is 9.57. The third kappa shape index (κ3) is 10.4. The van der Waals surface area contributed by atoms with Crippen LogP contribution < -0.4 is 64.8 Å². The van der Waals surface area contributed by atoms with Crippen molar-refractivity contribution in [2.24, 2.45) is 5.73 Å². The molecule has 0 fully saturated rings. The van der Waals surface area contributed by atoms with Gasteiger partial charge in [0, 0.05) is 0 Å². The molecule has 0 aromatic rings. The van der Waals surface area contributed by atoms with Crippen LogP contribution in [-0.4, -0.2) is 17.1 Å². The molecule has 8 heavy (non-hydrogen) atoms. The van der Waals surface area contributed by atoms with Gasteiger partial charge in [-0.05, 0) is 6.92 Å². The van der Waals surface area contributed by atoms with Crippen molar-refractivity contribution in [3.8, 4) is 0 Å². The molecule has 40 valence electrons. The predicted molar refractivity (Wildman–Crippen MR) is 23.5 cm³/mol. The van der Waals surface area contributed by atoms with Crippen LogP contribution in [0.15, 0.2) is 0 Å². The van der Waals surface area contributed by atoms with Crippen molar-refractivity contribution >= 4 is 5.97 Å². The largest absolute Gasteiger partial charge is 1.00 e. The Morgan fingerprint density at radius 1 is 1.75 bits per heavy atom. The van der Waals surface area contributed by atoms with Crippen LogP contribution in [0.4, 0.5) is 0 Å². The minimum atomic E-state index is -0.963. The maximum absolute atomic E-state index is 9.57. The Balaban J connectivity index is -0.0000000208. The summed E-state index contributed by atoms with van der Waals surface area (Å²) in [6.07, 6.45) is 0. The molecule has 0 saturated heterocycles.